The van der Waals surface area contributed by atoms with E-state index in [9.17, 15) is 18.0 Å². The van der Waals surface area contributed by atoms with Crippen LogP contribution in [-0.2, 0) is 26.2 Å². The summed E-state index contributed by atoms with van der Waals surface area (Å²) in [7, 11) is -3.77. The normalized spacial score (nSPS) is 12.3. The van der Waals surface area contributed by atoms with Crippen molar-refractivity contribution in [3.8, 4) is 0 Å². The summed E-state index contributed by atoms with van der Waals surface area (Å²) in [5, 5.41) is 3.36. The molecule has 0 aliphatic carbocycles. The molecule has 2 rings (SSSR count). The first-order valence-corrected chi connectivity index (χ1v) is 13.5. The number of carbonyl (C=O) groups is 2. The lowest BCUT2D eigenvalue weighted by atomic mass is 10.1. The van der Waals surface area contributed by atoms with Crippen molar-refractivity contribution in [2.24, 2.45) is 5.92 Å². The van der Waals surface area contributed by atoms with Crippen LogP contribution in [0.2, 0.25) is 5.02 Å². The monoisotopic (exact) mass is 507 g/mol. The van der Waals surface area contributed by atoms with Crippen LogP contribution in [0.5, 0.6) is 0 Å². The minimum Gasteiger partial charge on any atom is -0.354 e. The summed E-state index contributed by atoms with van der Waals surface area (Å²) in [4.78, 5) is 28.0. The first-order chi connectivity index (χ1) is 15.9. The molecular formula is C25H34ClN3O4S. The molecule has 34 heavy (non-hydrogen) atoms. The molecule has 186 valence electrons. The number of halogens is 1. The summed E-state index contributed by atoms with van der Waals surface area (Å²) >= 11 is 5.95. The predicted octanol–water partition coefficient (Wildman–Crippen LogP) is 3.99. The van der Waals surface area contributed by atoms with E-state index < -0.39 is 28.5 Å². The van der Waals surface area contributed by atoms with Gasteiger partial charge in [0.15, 0.2) is 0 Å². The van der Waals surface area contributed by atoms with Crippen LogP contribution < -0.4 is 9.62 Å². The molecule has 0 saturated heterocycles. The Morgan fingerprint density at radius 3 is 2.12 bits per heavy atom. The minimum atomic E-state index is -3.77. The van der Waals surface area contributed by atoms with Crippen molar-refractivity contribution in [1.29, 1.82) is 0 Å². The maximum atomic E-state index is 13.6. The number of sulfonamides is 1. The molecule has 0 saturated carbocycles. The second-order valence-corrected chi connectivity index (χ2v) is 11.2. The third-order valence-corrected chi connectivity index (χ3v) is 6.73. The molecule has 7 nitrogen and oxygen atoms in total. The Bertz CT molecular complexity index is 1070. The summed E-state index contributed by atoms with van der Waals surface area (Å²) in [6.07, 6.45) is 1.44. The second kappa shape index (κ2) is 12.2. The van der Waals surface area contributed by atoms with Gasteiger partial charge < -0.3 is 10.2 Å². The van der Waals surface area contributed by atoms with Gasteiger partial charge in [0.25, 0.3) is 0 Å². The molecule has 2 aromatic rings. The maximum Gasteiger partial charge on any atom is 0.244 e. The van der Waals surface area contributed by atoms with Crippen LogP contribution in [0.15, 0.2) is 48.5 Å². The van der Waals surface area contributed by atoms with Crippen LogP contribution in [0, 0.1) is 12.8 Å². The van der Waals surface area contributed by atoms with Gasteiger partial charge in [-0.05, 0) is 49.1 Å². The molecule has 2 amide bonds. The number of hydrogen-bond donors (Lipinski definition) is 1. The number of nitrogens with one attached hydrogen (secondary N) is 1. The van der Waals surface area contributed by atoms with Gasteiger partial charge in [-0.3, -0.25) is 13.9 Å². The predicted molar refractivity (Wildman–Crippen MR) is 137 cm³/mol. The summed E-state index contributed by atoms with van der Waals surface area (Å²) in [5.41, 5.74) is 2.26. The molecule has 0 unspecified atom stereocenters. The van der Waals surface area contributed by atoms with Crippen molar-refractivity contribution >= 4 is 39.1 Å². The lowest BCUT2D eigenvalue weighted by molar-refractivity contribution is -0.140. The molecule has 1 atom stereocenters. The van der Waals surface area contributed by atoms with Crippen LogP contribution in [0.3, 0.4) is 0 Å². The molecule has 0 heterocycles. The van der Waals surface area contributed by atoms with Gasteiger partial charge in [-0.25, -0.2) is 8.42 Å². The Morgan fingerprint density at radius 2 is 1.62 bits per heavy atom. The molecule has 0 spiro atoms. The molecule has 9 heteroatoms. The van der Waals surface area contributed by atoms with E-state index in [4.69, 9.17) is 11.6 Å². The minimum absolute atomic E-state index is 0.185. The van der Waals surface area contributed by atoms with Gasteiger partial charge in [-0.1, -0.05) is 62.2 Å². The van der Waals surface area contributed by atoms with Crippen molar-refractivity contribution in [2.75, 3.05) is 23.7 Å². The summed E-state index contributed by atoms with van der Waals surface area (Å²) < 4.78 is 26.2. The molecule has 2 aromatic carbocycles. The number of nitrogens with zero attached hydrogens (tertiary/aromatic N) is 2. The quantitative estimate of drug-likeness (QED) is 0.498. The fraction of sp³-hybridized carbons (Fsp3) is 0.440. The van der Waals surface area contributed by atoms with E-state index in [1.807, 2.05) is 52.0 Å². The van der Waals surface area contributed by atoms with Crippen LogP contribution in [0.1, 0.15) is 38.3 Å². The zero-order valence-corrected chi connectivity index (χ0v) is 22.0. The zero-order valence-electron chi connectivity index (χ0n) is 20.4. The van der Waals surface area contributed by atoms with Crippen molar-refractivity contribution in [3.63, 3.8) is 0 Å². The SMILES string of the molecule is CC[C@@H](C(=O)NCC(C)C)N(Cc1ccc(C)cc1)C(=O)CN(c1ccc(Cl)cc1)S(C)(=O)=O. The fourth-order valence-electron chi connectivity index (χ4n) is 3.45. The Morgan fingerprint density at radius 1 is 1.03 bits per heavy atom. The van der Waals surface area contributed by atoms with Gasteiger partial charge in [0, 0.05) is 18.1 Å². The number of hydrogen-bond acceptors (Lipinski definition) is 4. The first-order valence-electron chi connectivity index (χ1n) is 11.3. The summed E-state index contributed by atoms with van der Waals surface area (Å²) in [6.45, 7) is 8.03. The van der Waals surface area contributed by atoms with Gasteiger partial charge in [-0.2, -0.15) is 0 Å². The van der Waals surface area contributed by atoms with Crippen LogP contribution in [0.4, 0.5) is 5.69 Å². The molecule has 1 N–H and O–H groups in total. The Hall–Kier alpha value is -2.58. The van der Waals surface area contributed by atoms with E-state index in [0.29, 0.717) is 23.7 Å². The topological polar surface area (TPSA) is 86.8 Å². The van der Waals surface area contributed by atoms with E-state index in [-0.39, 0.29) is 18.4 Å². The van der Waals surface area contributed by atoms with Crippen molar-refractivity contribution < 1.29 is 18.0 Å². The summed E-state index contributed by atoms with van der Waals surface area (Å²) in [6, 6.07) is 13.2. The molecular weight excluding hydrogens is 474 g/mol. The lowest BCUT2D eigenvalue weighted by Gasteiger charge is -2.33. The molecule has 0 bridgehead atoms. The Balaban J connectivity index is 2.39. The highest BCUT2D eigenvalue weighted by Crippen LogP contribution is 2.22. The van der Waals surface area contributed by atoms with E-state index in [1.165, 1.54) is 4.90 Å². The van der Waals surface area contributed by atoms with Gasteiger partial charge in [0.05, 0.1) is 11.9 Å². The highest BCUT2D eigenvalue weighted by Gasteiger charge is 2.31. The summed E-state index contributed by atoms with van der Waals surface area (Å²) in [5.74, 6) is -0.463. The third-order valence-electron chi connectivity index (χ3n) is 5.34. The molecule has 0 fully saturated rings. The van der Waals surface area contributed by atoms with E-state index in [2.05, 4.69) is 5.32 Å². The molecule has 0 aliphatic heterocycles. The number of anilines is 1. The number of carbonyl (C=O) groups excluding carboxylic acids is 2. The largest absolute Gasteiger partial charge is 0.354 e. The van der Waals surface area contributed by atoms with Crippen molar-refractivity contribution in [2.45, 2.75) is 46.7 Å². The van der Waals surface area contributed by atoms with Crippen molar-refractivity contribution in [3.05, 3.63) is 64.7 Å². The van der Waals surface area contributed by atoms with E-state index in [0.717, 1.165) is 21.7 Å². The molecule has 0 aliphatic rings. The van der Waals surface area contributed by atoms with E-state index in [1.54, 1.807) is 24.3 Å². The third kappa shape index (κ3) is 8.02. The van der Waals surface area contributed by atoms with Gasteiger partial charge in [0.1, 0.15) is 12.6 Å². The van der Waals surface area contributed by atoms with Crippen molar-refractivity contribution in [1.82, 2.24) is 10.2 Å². The number of aryl methyl sites for hydroxylation is 1. The van der Waals surface area contributed by atoms with Gasteiger partial charge in [0.2, 0.25) is 21.8 Å². The molecule has 0 aromatic heterocycles. The van der Waals surface area contributed by atoms with Crippen LogP contribution in [-0.4, -0.2) is 50.5 Å². The zero-order chi connectivity index (χ0) is 25.5. The van der Waals surface area contributed by atoms with Crippen LogP contribution in [0.25, 0.3) is 0 Å². The van der Waals surface area contributed by atoms with Crippen LogP contribution >= 0.6 is 11.6 Å². The second-order valence-electron chi connectivity index (χ2n) is 8.82. The highest BCUT2D eigenvalue weighted by molar-refractivity contribution is 7.92. The van der Waals surface area contributed by atoms with Gasteiger partial charge >= 0.3 is 0 Å². The number of rotatable bonds is 11. The standard InChI is InChI=1S/C25H34ClN3O4S/c1-6-23(25(31)27-15-18(2)3)28(16-20-9-7-19(4)8-10-20)24(30)17-29(34(5,32)33)22-13-11-21(26)12-14-22/h7-14,18,23H,6,15-17H2,1-5H3,(H,27,31)/t23-/m0/s1. The Labute approximate surface area is 208 Å². The fourth-order valence-corrected chi connectivity index (χ4v) is 4.43. The van der Waals surface area contributed by atoms with Gasteiger partial charge in [-0.15, -0.1) is 0 Å². The van der Waals surface area contributed by atoms with E-state index >= 15 is 0 Å². The average molecular weight is 508 g/mol. The first kappa shape index (κ1) is 27.7. The maximum absolute atomic E-state index is 13.6. The average Bonchev–Trinajstić information content (AvgIpc) is 2.77. The Kier molecular flexibility index (Phi) is 9.94. The highest BCUT2D eigenvalue weighted by atomic mass is 35.5. The smallest absolute Gasteiger partial charge is 0.244 e. The lowest BCUT2D eigenvalue weighted by Crippen LogP contribution is -2.52. The number of benzene rings is 2. The molecule has 0 radical (unpaired) electrons. The number of amides is 2.